The summed E-state index contributed by atoms with van der Waals surface area (Å²) in [6, 6.07) is 6.28. The van der Waals surface area contributed by atoms with Crippen LogP contribution in [0.4, 0.5) is 0 Å². The van der Waals surface area contributed by atoms with E-state index in [1.54, 1.807) is 0 Å². The van der Waals surface area contributed by atoms with Crippen molar-refractivity contribution in [3.63, 3.8) is 0 Å². The molecule has 0 aromatic heterocycles. The molecule has 0 radical (unpaired) electrons. The Kier molecular flexibility index (Phi) is 2.42. The molecule has 0 heterocycles. The number of hydrogen-bond donors (Lipinski definition) is 0. The van der Waals surface area contributed by atoms with Gasteiger partial charge in [-0.15, -0.1) is 0 Å². The van der Waals surface area contributed by atoms with Crippen molar-refractivity contribution < 1.29 is 0 Å². The van der Waals surface area contributed by atoms with Crippen LogP contribution in [0.2, 0.25) is 5.02 Å². The fraction of sp³-hybridized carbons (Fsp3) is 0.400. The van der Waals surface area contributed by atoms with Crippen LogP contribution in [0.3, 0.4) is 0 Å². The molecule has 0 atom stereocenters. The molecule has 1 aromatic rings. The summed E-state index contributed by atoms with van der Waals surface area (Å²) in [6.07, 6.45) is 4.04. The summed E-state index contributed by atoms with van der Waals surface area (Å²) in [4.78, 5) is 0. The Morgan fingerprint density at radius 2 is 2.08 bits per heavy atom. The second-order valence-corrected chi connectivity index (χ2v) is 4.56. The molecule has 0 unspecified atom stereocenters. The summed E-state index contributed by atoms with van der Waals surface area (Å²) in [5.74, 6) is 0.774. The van der Waals surface area contributed by atoms with Gasteiger partial charge in [0, 0.05) is 4.47 Å². The number of halogens is 2. The summed E-state index contributed by atoms with van der Waals surface area (Å²) in [5, 5.41) is 0.833. The van der Waals surface area contributed by atoms with E-state index in [4.69, 9.17) is 11.6 Å². The van der Waals surface area contributed by atoms with Gasteiger partial charge in [-0.25, -0.2) is 0 Å². The van der Waals surface area contributed by atoms with Crippen molar-refractivity contribution in [3.8, 4) is 0 Å². The molecule has 0 N–H and O–H groups in total. The first-order chi connectivity index (χ1) is 5.77. The van der Waals surface area contributed by atoms with Crippen molar-refractivity contribution >= 4 is 27.5 Å². The zero-order valence-electron chi connectivity index (χ0n) is 6.69. The molecule has 2 heteroatoms. The van der Waals surface area contributed by atoms with Crippen LogP contribution in [0.15, 0.2) is 22.7 Å². The third-order valence-electron chi connectivity index (χ3n) is 2.52. The molecule has 0 spiro atoms. The zero-order valence-corrected chi connectivity index (χ0v) is 9.03. The van der Waals surface area contributed by atoms with E-state index in [0.717, 1.165) is 15.4 Å². The summed E-state index contributed by atoms with van der Waals surface area (Å²) in [5.41, 5.74) is 1.40. The van der Waals surface area contributed by atoms with Gasteiger partial charge in [-0.2, -0.15) is 0 Å². The van der Waals surface area contributed by atoms with E-state index in [-0.39, 0.29) is 0 Å². The predicted octanol–water partition coefficient (Wildman–Crippen LogP) is 4.37. The number of benzene rings is 1. The van der Waals surface area contributed by atoms with Crippen molar-refractivity contribution in [3.05, 3.63) is 33.3 Å². The van der Waals surface area contributed by atoms with Gasteiger partial charge in [0.2, 0.25) is 0 Å². The third-order valence-corrected chi connectivity index (χ3v) is 3.75. The summed E-state index contributed by atoms with van der Waals surface area (Å²) >= 11 is 9.38. The standard InChI is InChI=1S/C10H10BrCl/c11-9-5-4-8(6-10(9)12)7-2-1-3-7/h4-7H,1-3H2. The van der Waals surface area contributed by atoms with Gasteiger partial charge in [-0.1, -0.05) is 24.1 Å². The minimum absolute atomic E-state index is 0.774. The first-order valence-corrected chi connectivity index (χ1v) is 5.39. The molecule has 2 rings (SSSR count). The average Bonchev–Trinajstić information content (AvgIpc) is 1.93. The topological polar surface area (TPSA) is 0 Å². The van der Waals surface area contributed by atoms with E-state index in [9.17, 15) is 0 Å². The third kappa shape index (κ3) is 1.53. The molecule has 1 fully saturated rings. The number of hydrogen-bond acceptors (Lipinski definition) is 0. The lowest BCUT2D eigenvalue weighted by Gasteiger charge is -2.25. The van der Waals surface area contributed by atoms with Gasteiger partial charge in [0.15, 0.2) is 0 Å². The first-order valence-electron chi connectivity index (χ1n) is 4.22. The molecule has 0 nitrogen and oxygen atoms in total. The fourth-order valence-electron chi connectivity index (χ4n) is 1.51. The molecular formula is C10H10BrCl. The van der Waals surface area contributed by atoms with Gasteiger partial charge in [-0.05, 0) is 52.4 Å². The highest BCUT2D eigenvalue weighted by Crippen LogP contribution is 2.38. The van der Waals surface area contributed by atoms with Crippen LogP contribution in [-0.4, -0.2) is 0 Å². The lowest BCUT2D eigenvalue weighted by atomic mass is 9.80. The summed E-state index contributed by atoms with van der Waals surface area (Å²) in [6.45, 7) is 0. The minimum atomic E-state index is 0.774. The first kappa shape index (κ1) is 8.58. The van der Waals surface area contributed by atoms with Gasteiger partial charge < -0.3 is 0 Å². The van der Waals surface area contributed by atoms with Crippen LogP contribution in [0.1, 0.15) is 30.7 Å². The van der Waals surface area contributed by atoms with Crippen molar-refractivity contribution in [2.75, 3.05) is 0 Å². The predicted molar refractivity (Wildman–Crippen MR) is 55.7 cm³/mol. The van der Waals surface area contributed by atoms with Crippen LogP contribution >= 0.6 is 27.5 Å². The monoisotopic (exact) mass is 244 g/mol. The van der Waals surface area contributed by atoms with Gasteiger partial charge in [0.1, 0.15) is 0 Å². The molecule has 0 saturated heterocycles. The smallest absolute Gasteiger partial charge is 0.0550 e. The van der Waals surface area contributed by atoms with Gasteiger partial charge in [0.05, 0.1) is 5.02 Å². The Bertz CT molecular complexity index is 292. The molecule has 12 heavy (non-hydrogen) atoms. The normalized spacial score (nSPS) is 17.5. The highest BCUT2D eigenvalue weighted by atomic mass is 79.9. The van der Waals surface area contributed by atoms with E-state index >= 15 is 0 Å². The van der Waals surface area contributed by atoms with Crippen molar-refractivity contribution in [2.24, 2.45) is 0 Å². The second-order valence-electron chi connectivity index (χ2n) is 3.30. The van der Waals surface area contributed by atoms with Crippen molar-refractivity contribution in [1.82, 2.24) is 0 Å². The van der Waals surface area contributed by atoms with Crippen LogP contribution in [0, 0.1) is 0 Å². The van der Waals surface area contributed by atoms with E-state index in [2.05, 4.69) is 28.1 Å². The molecule has 0 amide bonds. The molecule has 1 aliphatic carbocycles. The summed E-state index contributed by atoms with van der Waals surface area (Å²) in [7, 11) is 0. The van der Waals surface area contributed by atoms with Crippen LogP contribution in [-0.2, 0) is 0 Å². The van der Waals surface area contributed by atoms with Crippen LogP contribution in [0.25, 0.3) is 0 Å². The molecular weight excluding hydrogens is 235 g/mol. The van der Waals surface area contributed by atoms with Crippen molar-refractivity contribution in [2.45, 2.75) is 25.2 Å². The van der Waals surface area contributed by atoms with Gasteiger partial charge in [-0.3, -0.25) is 0 Å². The Balaban J connectivity index is 2.27. The molecule has 0 aliphatic heterocycles. The van der Waals surface area contributed by atoms with E-state index in [0.29, 0.717) is 0 Å². The van der Waals surface area contributed by atoms with Crippen molar-refractivity contribution in [1.29, 1.82) is 0 Å². The van der Waals surface area contributed by atoms with E-state index in [1.807, 2.05) is 6.07 Å². The quantitative estimate of drug-likeness (QED) is 0.689. The lowest BCUT2D eigenvalue weighted by Crippen LogP contribution is -2.08. The SMILES string of the molecule is Clc1cc(C2CCC2)ccc1Br. The van der Waals surface area contributed by atoms with E-state index in [1.165, 1.54) is 24.8 Å². The van der Waals surface area contributed by atoms with Crippen LogP contribution in [0.5, 0.6) is 0 Å². The van der Waals surface area contributed by atoms with Gasteiger partial charge in [0.25, 0.3) is 0 Å². The maximum Gasteiger partial charge on any atom is 0.0550 e. The molecule has 64 valence electrons. The Hall–Kier alpha value is -0.0100. The average molecular weight is 246 g/mol. The largest absolute Gasteiger partial charge is 0.0831 e. The molecule has 1 aromatic carbocycles. The molecule has 1 aliphatic rings. The summed E-state index contributed by atoms with van der Waals surface area (Å²) < 4.78 is 0.993. The van der Waals surface area contributed by atoms with Crippen LogP contribution < -0.4 is 0 Å². The maximum absolute atomic E-state index is 5.99. The Morgan fingerprint density at radius 1 is 1.33 bits per heavy atom. The van der Waals surface area contributed by atoms with E-state index < -0.39 is 0 Å². The molecule has 1 saturated carbocycles. The highest BCUT2D eigenvalue weighted by Gasteiger charge is 2.19. The maximum atomic E-state index is 5.99. The highest BCUT2D eigenvalue weighted by molar-refractivity contribution is 9.10. The van der Waals surface area contributed by atoms with Gasteiger partial charge >= 0.3 is 0 Å². The Morgan fingerprint density at radius 3 is 2.58 bits per heavy atom. The second kappa shape index (κ2) is 3.39. The zero-order chi connectivity index (χ0) is 8.55. The minimum Gasteiger partial charge on any atom is -0.0831 e. The fourth-order valence-corrected chi connectivity index (χ4v) is 1.94. The number of rotatable bonds is 1. The lowest BCUT2D eigenvalue weighted by molar-refractivity contribution is 0.420. The molecule has 0 bridgehead atoms. The Labute approximate surface area is 86.1 Å².